The van der Waals surface area contributed by atoms with Gasteiger partial charge in [-0.2, -0.15) is 5.26 Å². The number of benzene rings is 2. The van der Waals surface area contributed by atoms with E-state index in [0.29, 0.717) is 39.7 Å². The van der Waals surface area contributed by atoms with Crippen LogP contribution in [0.3, 0.4) is 0 Å². The Morgan fingerprint density at radius 2 is 1.95 bits per heavy atom. The van der Waals surface area contributed by atoms with E-state index >= 15 is 0 Å². The van der Waals surface area contributed by atoms with Gasteiger partial charge in [-0.15, -0.1) is 5.10 Å². The molecule has 0 aliphatic rings. The van der Waals surface area contributed by atoms with Crippen molar-refractivity contribution < 1.29 is 4.39 Å². The molecule has 0 aliphatic carbocycles. The number of aromatic nitrogens is 5. The van der Waals surface area contributed by atoms with Gasteiger partial charge in [0.25, 0.3) is 0 Å². The first-order chi connectivity index (χ1) is 19.2. The average molecular weight is 557 g/mol. The summed E-state index contributed by atoms with van der Waals surface area (Å²) in [5.41, 5.74) is 4.77. The zero-order valence-corrected chi connectivity index (χ0v) is 23.5. The van der Waals surface area contributed by atoms with Gasteiger partial charge in [0, 0.05) is 35.4 Å². The van der Waals surface area contributed by atoms with Crippen molar-refractivity contribution >= 4 is 44.8 Å². The van der Waals surface area contributed by atoms with Crippen molar-refractivity contribution in [2.45, 2.75) is 39.8 Å². The van der Waals surface area contributed by atoms with E-state index in [2.05, 4.69) is 57.8 Å². The number of fused-ring (bicyclic) bond motifs is 2. The lowest BCUT2D eigenvalue weighted by molar-refractivity contribution is 0.351. The molecule has 5 aromatic rings. The monoisotopic (exact) mass is 556 g/mol. The molecule has 0 saturated carbocycles. The second-order valence-electron chi connectivity index (χ2n) is 11.0. The normalized spacial score (nSPS) is 13.2. The van der Waals surface area contributed by atoms with Gasteiger partial charge in [-0.3, -0.25) is 9.97 Å². The summed E-state index contributed by atoms with van der Waals surface area (Å²) in [6, 6.07) is 14.9. The Labute approximate surface area is 237 Å². The number of halogens is 2. The number of nitriles is 1. The van der Waals surface area contributed by atoms with Crippen LogP contribution in [-0.2, 0) is 0 Å². The number of hydrogen-bond donors (Lipinski definition) is 2. The molecule has 3 heterocycles. The zero-order chi connectivity index (χ0) is 28.4. The number of alkyl halides is 1. The summed E-state index contributed by atoms with van der Waals surface area (Å²) in [5, 5.41) is 27.6. The second-order valence-corrected chi connectivity index (χ2v) is 11.5. The van der Waals surface area contributed by atoms with Crippen LogP contribution < -0.4 is 10.6 Å². The topological polar surface area (TPSA) is 104 Å². The van der Waals surface area contributed by atoms with E-state index in [1.807, 2.05) is 42.5 Å². The van der Waals surface area contributed by atoms with Gasteiger partial charge < -0.3 is 10.6 Å². The van der Waals surface area contributed by atoms with Crippen molar-refractivity contribution in [3.8, 4) is 6.07 Å². The molecule has 0 saturated heterocycles. The molecule has 8 nitrogen and oxygen atoms in total. The fourth-order valence-electron chi connectivity index (χ4n) is 4.54. The lowest BCUT2D eigenvalue weighted by atomic mass is 9.96. The molecule has 2 unspecified atom stereocenters. The number of nitrogens with zero attached hydrogens (tertiary/aromatic N) is 6. The van der Waals surface area contributed by atoms with Gasteiger partial charge in [0.2, 0.25) is 0 Å². The van der Waals surface area contributed by atoms with E-state index in [1.54, 1.807) is 25.5 Å². The molecule has 0 amide bonds. The molecule has 5 rings (SSSR count). The van der Waals surface area contributed by atoms with E-state index in [-0.39, 0.29) is 5.41 Å². The Bertz CT molecular complexity index is 1710. The summed E-state index contributed by atoms with van der Waals surface area (Å²) >= 11 is 6.76. The highest BCUT2D eigenvalue weighted by Crippen LogP contribution is 2.37. The number of hydrogen-bond acceptors (Lipinski definition) is 7. The maximum atomic E-state index is 13.4. The molecular weight excluding hydrogens is 527 g/mol. The van der Waals surface area contributed by atoms with Crippen molar-refractivity contribution in [2.24, 2.45) is 5.41 Å². The summed E-state index contributed by atoms with van der Waals surface area (Å²) < 4.78 is 15.0. The van der Waals surface area contributed by atoms with Crippen molar-refractivity contribution in [2.75, 3.05) is 23.9 Å². The fraction of sp³-hybridized carbons (Fsp3) is 0.300. The largest absolute Gasteiger partial charge is 0.383 e. The third kappa shape index (κ3) is 5.54. The van der Waals surface area contributed by atoms with Gasteiger partial charge in [0.05, 0.1) is 45.6 Å². The van der Waals surface area contributed by atoms with Crippen molar-refractivity contribution in [1.82, 2.24) is 25.0 Å². The third-order valence-electron chi connectivity index (χ3n) is 6.64. The molecule has 3 aromatic heterocycles. The van der Waals surface area contributed by atoms with Gasteiger partial charge in [0.15, 0.2) is 0 Å². The van der Waals surface area contributed by atoms with Gasteiger partial charge in [0.1, 0.15) is 18.4 Å². The molecular formula is C30H30ClFN8. The van der Waals surface area contributed by atoms with Crippen LogP contribution in [0.15, 0.2) is 61.1 Å². The summed E-state index contributed by atoms with van der Waals surface area (Å²) in [7, 11) is 0. The van der Waals surface area contributed by atoms with E-state index in [4.69, 9.17) is 11.6 Å². The van der Waals surface area contributed by atoms with E-state index in [0.717, 1.165) is 21.9 Å². The Morgan fingerprint density at radius 3 is 2.70 bits per heavy atom. The van der Waals surface area contributed by atoms with Crippen LogP contribution in [0.4, 0.5) is 15.8 Å². The van der Waals surface area contributed by atoms with Crippen LogP contribution in [-0.4, -0.2) is 38.2 Å². The Kier molecular flexibility index (Phi) is 7.55. The van der Waals surface area contributed by atoms with Crippen LogP contribution >= 0.6 is 11.6 Å². The zero-order valence-electron chi connectivity index (χ0n) is 22.8. The van der Waals surface area contributed by atoms with Crippen LogP contribution in [0.5, 0.6) is 0 Å². The molecule has 40 heavy (non-hydrogen) atoms. The van der Waals surface area contributed by atoms with E-state index < -0.39 is 18.8 Å². The number of nitrogens with one attached hydrogen (secondary N) is 2. The van der Waals surface area contributed by atoms with Gasteiger partial charge in [-0.1, -0.05) is 55.8 Å². The Hall–Kier alpha value is -4.29. The van der Waals surface area contributed by atoms with Crippen LogP contribution in [0.1, 0.15) is 56.6 Å². The predicted molar refractivity (Wildman–Crippen MR) is 157 cm³/mol. The Morgan fingerprint density at radius 1 is 1.12 bits per heavy atom. The smallest absolute Gasteiger partial charge is 0.112 e. The molecule has 10 heteroatoms. The van der Waals surface area contributed by atoms with Gasteiger partial charge in [-0.25, -0.2) is 9.07 Å². The summed E-state index contributed by atoms with van der Waals surface area (Å²) in [6.07, 6.45) is 5.05. The second kappa shape index (κ2) is 11.1. The molecule has 0 spiro atoms. The summed E-state index contributed by atoms with van der Waals surface area (Å²) in [6.45, 7) is 8.20. The Balaban J connectivity index is 1.65. The van der Waals surface area contributed by atoms with Crippen molar-refractivity contribution in [3.63, 3.8) is 0 Å². The molecule has 0 fully saturated rings. The first-order valence-electron chi connectivity index (χ1n) is 13.0. The van der Waals surface area contributed by atoms with E-state index in [9.17, 15) is 9.65 Å². The lowest BCUT2D eigenvalue weighted by Gasteiger charge is -2.23. The number of anilines is 2. The van der Waals surface area contributed by atoms with Gasteiger partial charge >= 0.3 is 0 Å². The molecule has 2 atom stereocenters. The predicted octanol–water partition coefficient (Wildman–Crippen LogP) is 7.09. The quantitative estimate of drug-likeness (QED) is 0.210. The minimum Gasteiger partial charge on any atom is -0.383 e. The molecule has 2 N–H and O–H groups in total. The van der Waals surface area contributed by atoms with Crippen LogP contribution in [0.25, 0.3) is 21.8 Å². The number of pyridine rings is 2. The van der Waals surface area contributed by atoms with E-state index in [1.165, 1.54) is 4.68 Å². The summed E-state index contributed by atoms with van der Waals surface area (Å²) in [4.78, 5) is 8.99. The number of rotatable bonds is 8. The highest BCUT2D eigenvalue weighted by Gasteiger charge is 2.23. The molecule has 0 radical (unpaired) electrons. The highest BCUT2D eigenvalue weighted by atomic mass is 35.5. The maximum absolute atomic E-state index is 13.4. The first kappa shape index (κ1) is 27.3. The minimum absolute atomic E-state index is 0.0158. The molecule has 2 aromatic carbocycles. The molecule has 0 bridgehead atoms. The third-order valence-corrected chi connectivity index (χ3v) is 6.93. The fourth-order valence-corrected chi connectivity index (χ4v) is 4.81. The van der Waals surface area contributed by atoms with Crippen LogP contribution in [0, 0.1) is 16.7 Å². The van der Waals surface area contributed by atoms with Crippen LogP contribution in [0.2, 0.25) is 5.02 Å². The van der Waals surface area contributed by atoms with Gasteiger partial charge in [-0.05, 0) is 42.2 Å². The SMILES string of the molecule is CC(CF)n1cc(C(Nc2cc(Cl)c3ncc(C#N)c(NCC(C)(C)C)c3c2)c2cccc3ncccc23)nn1. The first-order valence-corrected chi connectivity index (χ1v) is 13.4. The molecule has 0 aliphatic heterocycles. The van der Waals surface area contributed by atoms with Crippen molar-refractivity contribution in [1.29, 1.82) is 5.26 Å². The summed E-state index contributed by atoms with van der Waals surface area (Å²) in [5.74, 6) is 0. The average Bonchev–Trinajstić information content (AvgIpc) is 3.43. The minimum atomic E-state index is -0.558. The standard InChI is InChI=1S/C30H30ClFN8/c1-18(13-32)40-16-26(38-39-40)29(22-7-5-9-25-21(22)8-6-10-34-25)37-20-11-23-27(36-17-30(2,3)4)19(14-33)15-35-28(23)24(31)12-20/h5-12,15-16,18,29,37H,13,17H2,1-4H3,(H,35,36). The highest BCUT2D eigenvalue weighted by molar-refractivity contribution is 6.35. The van der Waals surface area contributed by atoms with Crippen molar-refractivity contribution in [3.05, 3.63) is 82.9 Å². The lowest BCUT2D eigenvalue weighted by Crippen LogP contribution is -2.20. The maximum Gasteiger partial charge on any atom is 0.112 e. The molecule has 204 valence electrons.